The monoisotopic (exact) mass is 696 g/mol. The van der Waals surface area contributed by atoms with E-state index in [9.17, 15) is 0 Å². The van der Waals surface area contributed by atoms with Crippen molar-refractivity contribution in [2.45, 2.75) is 32.1 Å². The van der Waals surface area contributed by atoms with Crippen LogP contribution in [-0.2, 0) is 6.42 Å². The van der Waals surface area contributed by atoms with E-state index >= 15 is 0 Å². The van der Waals surface area contributed by atoms with Crippen LogP contribution in [0.2, 0.25) is 0 Å². The second-order valence-corrected chi connectivity index (χ2v) is 16.3. The summed E-state index contributed by atoms with van der Waals surface area (Å²) in [6.45, 7) is 2.41. The van der Waals surface area contributed by atoms with Crippen molar-refractivity contribution in [3.05, 3.63) is 168 Å². The van der Waals surface area contributed by atoms with Crippen molar-refractivity contribution in [2.75, 3.05) is 0 Å². The van der Waals surface area contributed by atoms with Crippen LogP contribution in [0.4, 0.5) is 0 Å². The van der Waals surface area contributed by atoms with E-state index in [4.69, 9.17) is 0 Å². The fourth-order valence-corrected chi connectivity index (χ4v) is 11.3. The van der Waals surface area contributed by atoms with Gasteiger partial charge in [-0.3, -0.25) is 0 Å². The minimum absolute atomic E-state index is 0.404. The molecule has 0 bridgehead atoms. The lowest BCUT2D eigenvalue weighted by molar-refractivity contribution is 0.694. The van der Waals surface area contributed by atoms with Gasteiger partial charge in [-0.25, -0.2) is 0 Å². The molecule has 3 aliphatic carbocycles. The highest BCUT2D eigenvalue weighted by atomic mass is 32.1. The highest BCUT2D eigenvalue weighted by molar-refractivity contribution is 7.26. The Kier molecular flexibility index (Phi) is 6.18. The van der Waals surface area contributed by atoms with Crippen LogP contribution in [0, 0.1) is 5.92 Å². The molecule has 0 spiro atoms. The molecule has 3 aromatic heterocycles. The summed E-state index contributed by atoms with van der Waals surface area (Å²) in [6.07, 6.45) is 13.1. The fraction of sp³-hybridized carbons (Fsp3) is 0.120. The van der Waals surface area contributed by atoms with Gasteiger partial charge in [-0.1, -0.05) is 128 Å². The zero-order valence-electron chi connectivity index (χ0n) is 29.5. The smallest absolute Gasteiger partial charge is 0.0788 e. The lowest BCUT2D eigenvalue weighted by Crippen LogP contribution is -2.11. The van der Waals surface area contributed by atoms with Crippen LogP contribution >= 0.6 is 11.3 Å². The van der Waals surface area contributed by atoms with Gasteiger partial charge in [0.15, 0.2) is 0 Å². The molecule has 2 unspecified atom stereocenters. The van der Waals surface area contributed by atoms with Gasteiger partial charge < -0.3 is 9.13 Å². The Morgan fingerprint density at radius 2 is 1.38 bits per heavy atom. The molecule has 6 aromatic carbocycles. The highest BCUT2D eigenvalue weighted by Gasteiger charge is 2.34. The third-order valence-electron chi connectivity index (χ3n) is 12.3. The number of allylic oxidation sites excluding steroid dienone is 5. The van der Waals surface area contributed by atoms with Crippen molar-refractivity contribution >= 4 is 81.6 Å². The summed E-state index contributed by atoms with van der Waals surface area (Å²) >= 11 is 1.93. The van der Waals surface area contributed by atoms with Crippen LogP contribution < -0.4 is 0 Å². The number of para-hydroxylation sites is 2. The zero-order chi connectivity index (χ0) is 34.8. The summed E-state index contributed by atoms with van der Waals surface area (Å²) in [5.41, 5.74) is 16.3. The number of thiophene rings is 1. The van der Waals surface area contributed by atoms with Gasteiger partial charge in [0.2, 0.25) is 0 Å². The second-order valence-electron chi connectivity index (χ2n) is 15.2. The van der Waals surface area contributed by atoms with E-state index in [0.717, 1.165) is 19.3 Å². The van der Waals surface area contributed by atoms with E-state index in [1.165, 1.54) is 103 Å². The third-order valence-corrected chi connectivity index (χ3v) is 13.5. The molecule has 0 radical (unpaired) electrons. The molecule has 2 atom stereocenters. The Labute approximate surface area is 312 Å². The Morgan fingerprint density at radius 3 is 2.30 bits per heavy atom. The van der Waals surface area contributed by atoms with Crippen LogP contribution in [0.3, 0.4) is 0 Å². The molecular weight excluding hydrogens is 661 g/mol. The standard InChI is InChI=1S/C50H36N2S/c1-30-12-9-19-38-40-27-26-39-35-16-5-7-22-44(35)51(33-14-3-2-4-15-33)48(39)49(40)52(47(30)38)34-25-24-31-28-32-13-10-18-37(46(32)43(31)29-34)42-21-11-20-41-36-17-6-8-23-45(36)53-50(41)42/h2-11,13-23,25-27,29-31H,12,24,28H2,1H3. The number of hydrogen-bond donors (Lipinski definition) is 0. The van der Waals surface area contributed by atoms with Crippen LogP contribution in [0.15, 0.2) is 146 Å². The molecule has 252 valence electrons. The van der Waals surface area contributed by atoms with Crippen molar-refractivity contribution in [3.8, 4) is 16.8 Å². The quantitative estimate of drug-likeness (QED) is 0.174. The average molecular weight is 697 g/mol. The molecule has 0 fully saturated rings. The fourth-order valence-electron chi connectivity index (χ4n) is 10.1. The van der Waals surface area contributed by atoms with Crippen molar-refractivity contribution < 1.29 is 0 Å². The van der Waals surface area contributed by atoms with Gasteiger partial charge in [0.25, 0.3) is 0 Å². The van der Waals surface area contributed by atoms with Crippen molar-refractivity contribution in [1.29, 1.82) is 0 Å². The molecule has 0 N–H and O–H groups in total. The molecular formula is C50H36N2S. The van der Waals surface area contributed by atoms with Gasteiger partial charge in [-0.15, -0.1) is 11.3 Å². The first kappa shape index (κ1) is 29.7. The van der Waals surface area contributed by atoms with Gasteiger partial charge in [0.1, 0.15) is 0 Å². The molecule has 12 rings (SSSR count). The van der Waals surface area contributed by atoms with Gasteiger partial charge in [-0.05, 0) is 77.8 Å². The summed E-state index contributed by atoms with van der Waals surface area (Å²) in [6, 6.07) is 47.5. The van der Waals surface area contributed by atoms with E-state index in [1.807, 2.05) is 11.3 Å². The summed E-state index contributed by atoms with van der Waals surface area (Å²) in [5.74, 6) is 0.892. The van der Waals surface area contributed by atoms with Crippen LogP contribution in [0.1, 0.15) is 48.1 Å². The van der Waals surface area contributed by atoms with E-state index < -0.39 is 0 Å². The number of rotatable bonds is 3. The first-order valence-electron chi connectivity index (χ1n) is 19.0. The maximum atomic E-state index is 2.68. The van der Waals surface area contributed by atoms with E-state index in [2.05, 4.69) is 168 Å². The van der Waals surface area contributed by atoms with E-state index in [1.54, 1.807) is 0 Å². The van der Waals surface area contributed by atoms with Crippen molar-refractivity contribution in [2.24, 2.45) is 5.92 Å². The maximum absolute atomic E-state index is 2.68. The number of aromatic nitrogens is 2. The molecule has 0 aliphatic heterocycles. The lowest BCUT2D eigenvalue weighted by Gasteiger charge is -2.25. The zero-order valence-corrected chi connectivity index (χ0v) is 30.3. The summed E-state index contributed by atoms with van der Waals surface area (Å²) in [5, 5.41) is 6.65. The summed E-state index contributed by atoms with van der Waals surface area (Å²) in [7, 11) is 0. The number of hydrogen-bond acceptors (Lipinski definition) is 1. The number of benzene rings is 6. The largest absolute Gasteiger partial charge is 0.311 e. The van der Waals surface area contributed by atoms with Gasteiger partial charge >= 0.3 is 0 Å². The van der Waals surface area contributed by atoms with E-state index in [0.29, 0.717) is 11.8 Å². The second kappa shape index (κ2) is 11.1. The Hall–Kier alpha value is -5.90. The van der Waals surface area contributed by atoms with Gasteiger partial charge in [-0.2, -0.15) is 0 Å². The first-order valence-corrected chi connectivity index (χ1v) is 19.8. The van der Waals surface area contributed by atoms with Crippen molar-refractivity contribution in [1.82, 2.24) is 9.13 Å². The molecule has 0 amide bonds. The minimum atomic E-state index is 0.404. The molecule has 3 heteroatoms. The Morgan fingerprint density at radius 1 is 0.623 bits per heavy atom. The predicted molar refractivity (Wildman–Crippen MR) is 227 cm³/mol. The molecule has 2 nitrogen and oxygen atoms in total. The first-order chi connectivity index (χ1) is 26.2. The SMILES string of the molecule is CC1CC=Cc2c1n(C1=CCC3Cc4cccc(-c5cccc6c5sc5ccccc56)c4C3=C1)c1c2ccc2c3ccccc3n(-c3ccccc3)c21. The van der Waals surface area contributed by atoms with Crippen LogP contribution in [0.25, 0.3) is 87.0 Å². The highest BCUT2D eigenvalue weighted by Crippen LogP contribution is 2.51. The normalized spacial score (nSPS) is 17.8. The molecule has 3 aliphatic rings. The lowest BCUT2D eigenvalue weighted by atomic mass is 9.87. The molecule has 0 saturated heterocycles. The number of fused-ring (bicyclic) bond motifs is 13. The van der Waals surface area contributed by atoms with Crippen LogP contribution in [0.5, 0.6) is 0 Å². The predicted octanol–water partition coefficient (Wildman–Crippen LogP) is 13.8. The van der Waals surface area contributed by atoms with Gasteiger partial charge in [0.05, 0.1) is 16.6 Å². The third kappa shape index (κ3) is 4.09. The summed E-state index contributed by atoms with van der Waals surface area (Å²) < 4.78 is 7.93. The topological polar surface area (TPSA) is 9.86 Å². The van der Waals surface area contributed by atoms with Crippen LogP contribution in [-0.4, -0.2) is 9.13 Å². The maximum Gasteiger partial charge on any atom is 0.0788 e. The number of nitrogens with zero attached hydrogens (tertiary/aromatic N) is 2. The minimum Gasteiger partial charge on any atom is -0.311 e. The average Bonchev–Trinajstić information content (AvgIpc) is 3.96. The summed E-state index contributed by atoms with van der Waals surface area (Å²) in [4.78, 5) is 0. The van der Waals surface area contributed by atoms with E-state index in [-0.39, 0.29) is 0 Å². The Balaban J connectivity index is 1.14. The van der Waals surface area contributed by atoms with Gasteiger partial charge in [0, 0.05) is 70.5 Å². The molecule has 3 heterocycles. The Bertz CT molecular complexity index is 3100. The molecule has 53 heavy (non-hydrogen) atoms. The molecule has 0 saturated carbocycles. The molecule has 9 aromatic rings. The van der Waals surface area contributed by atoms with Crippen molar-refractivity contribution in [3.63, 3.8) is 0 Å².